The zero-order valence-electron chi connectivity index (χ0n) is 16.5. The molecular formula is C22H19F2N3O4. The molecule has 0 saturated heterocycles. The average Bonchev–Trinajstić information content (AvgIpc) is 3.27. The van der Waals surface area contributed by atoms with Gasteiger partial charge in [-0.2, -0.15) is 13.8 Å². The van der Waals surface area contributed by atoms with Crippen LogP contribution in [0.3, 0.4) is 0 Å². The largest absolute Gasteiger partial charge is 0.493 e. The Hall–Kier alpha value is -4.01. The Morgan fingerprint density at radius 1 is 1.26 bits per heavy atom. The maximum Gasteiger partial charge on any atom is 0.315 e. The van der Waals surface area contributed by atoms with Crippen molar-refractivity contribution in [3.05, 3.63) is 72.6 Å². The maximum atomic E-state index is 12.6. The number of rotatable bonds is 9. The summed E-state index contributed by atoms with van der Waals surface area (Å²) in [6.45, 7) is 3.95. The molecule has 0 unspecified atom stereocenters. The summed E-state index contributed by atoms with van der Waals surface area (Å²) in [5.74, 6) is -0.0429. The van der Waals surface area contributed by atoms with Crippen LogP contribution in [0.4, 0.5) is 14.5 Å². The van der Waals surface area contributed by atoms with Gasteiger partial charge in [0, 0.05) is 17.3 Å². The smallest absolute Gasteiger partial charge is 0.315 e. The summed E-state index contributed by atoms with van der Waals surface area (Å²) in [5, 5.41) is 6.22. The van der Waals surface area contributed by atoms with Crippen LogP contribution in [0.2, 0.25) is 0 Å². The van der Waals surface area contributed by atoms with Gasteiger partial charge < -0.3 is 19.3 Å². The molecule has 0 bridgehead atoms. The summed E-state index contributed by atoms with van der Waals surface area (Å²) >= 11 is 0. The molecule has 3 rings (SSSR count). The highest BCUT2D eigenvalue weighted by Gasteiger charge is 2.17. The number of ether oxygens (including phenoxy) is 2. The summed E-state index contributed by atoms with van der Waals surface area (Å²) in [5.41, 5.74) is 1.61. The number of nitrogens with zero attached hydrogens (tertiary/aromatic N) is 2. The number of nitrogens with one attached hydrogen (secondary N) is 1. The molecule has 0 saturated carbocycles. The molecule has 0 fully saturated rings. The number of halogens is 2. The van der Waals surface area contributed by atoms with Crippen molar-refractivity contribution in [3.8, 4) is 22.9 Å². The number of carbonyl (C=O) groups excluding carboxylic acids is 1. The normalized spacial score (nSPS) is 11.0. The van der Waals surface area contributed by atoms with Crippen molar-refractivity contribution >= 4 is 17.7 Å². The number of hydrogen-bond acceptors (Lipinski definition) is 6. The molecule has 0 aliphatic rings. The van der Waals surface area contributed by atoms with Gasteiger partial charge in [0.1, 0.15) is 6.61 Å². The molecule has 0 atom stereocenters. The van der Waals surface area contributed by atoms with Crippen LogP contribution >= 0.6 is 0 Å². The Morgan fingerprint density at radius 2 is 2.10 bits per heavy atom. The zero-order chi connectivity index (χ0) is 22.2. The Balaban J connectivity index is 1.68. The van der Waals surface area contributed by atoms with E-state index >= 15 is 0 Å². The number of aromatic nitrogens is 2. The third-order valence-electron chi connectivity index (χ3n) is 3.99. The zero-order valence-corrected chi connectivity index (χ0v) is 16.5. The van der Waals surface area contributed by atoms with E-state index in [-0.39, 0.29) is 11.7 Å². The molecule has 1 heterocycles. The third kappa shape index (κ3) is 5.75. The van der Waals surface area contributed by atoms with Gasteiger partial charge in [0.25, 0.3) is 5.89 Å². The van der Waals surface area contributed by atoms with E-state index < -0.39 is 12.3 Å². The number of anilines is 1. The van der Waals surface area contributed by atoms with E-state index in [4.69, 9.17) is 9.47 Å². The van der Waals surface area contributed by atoms with Crippen LogP contribution in [0.5, 0.6) is 11.5 Å². The van der Waals surface area contributed by atoms with Crippen LogP contribution in [0.25, 0.3) is 17.5 Å². The maximum absolute atomic E-state index is 12.6. The van der Waals surface area contributed by atoms with E-state index in [9.17, 15) is 13.6 Å². The lowest BCUT2D eigenvalue weighted by molar-refractivity contribution is -0.111. The van der Waals surface area contributed by atoms with Gasteiger partial charge in [-0.3, -0.25) is 4.79 Å². The number of alkyl halides is 2. The molecule has 0 radical (unpaired) electrons. The number of benzene rings is 2. The van der Waals surface area contributed by atoms with E-state index in [1.54, 1.807) is 54.6 Å². The number of amides is 1. The molecule has 1 amide bonds. The van der Waals surface area contributed by atoms with Gasteiger partial charge in [-0.1, -0.05) is 36.0 Å². The van der Waals surface area contributed by atoms with Crippen LogP contribution in [0.15, 0.2) is 65.7 Å². The monoisotopic (exact) mass is 427 g/mol. The number of carbonyl (C=O) groups is 1. The van der Waals surface area contributed by atoms with E-state index in [2.05, 4.69) is 26.6 Å². The predicted molar refractivity (Wildman–Crippen MR) is 111 cm³/mol. The number of hydrogen-bond donors (Lipinski definition) is 1. The Morgan fingerprint density at radius 3 is 2.81 bits per heavy atom. The summed E-state index contributed by atoms with van der Waals surface area (Å²) in [6, 6.07) is 11.7. The molecule has 3 aromatic rings. The molecule has 0 spiro atoms. The summed E-state index contributed by atoms with van der Waals surface area (Å²) in [7, 11) is 1.53. The lowest BCUT2D eigenvalue weighted by atomic mass is 10.1. The first-order valence-electron chi connectivity index (χ1n) is 9.13. The molecular weight excluding hydrogens is 408 g/mol. The van der Waals surface area contributed by atoms with E-state index in [1.165, 1.54) is 13.2 Å². The summed E-state index contributed by atoms with van der Waals surface area (Å²) in [6.07, 6.45) is 1.75. The quantitative estimate of drug-likeness (QED) is 0.386. The fraction of sp³-hybridized carbons (Fsp3) is 0.136. The van der Waals surface area contributed by atoms with Gasteiger partial charge in [-0.05, 0) is 35.9 Å². The molecule has 31 heavy (non-hydrogen) atoms. The molecule has 1 aromatic heterocycles. The molecule has 2 aromatic carbocycles. The van der Waals surface area contributed by atoms with Crippen molar-refractivity contribution < 1.29 is 27.6 Å². The summed E-state index contributed by atoms with van der Waals surface area (Å²) in [4.78, 5) is 15.9. The molecule has 0 aliphatic heterocycles. The topological polar surface area (TPSA) is 86.5 Å². The van der Waals surface area contributed by atoms with Gasteiger partial charge in [0.2, 0.25) is 11.7 Å². The highest BCUT2D eigenvalue weighted by Crippen LogP contribution is 2.28. The standard InChI is InChI=1S/C22H19F2N3O4/c1-3-11-30-17-9-7-14(12-18(17)29-2)8-10-19(28)25-16-6-4-5-15(13-16)21-26-22(20(23)24)31-27-21/h3-10,12-13,20H,1,11H2,2H3,(H,25,28). The highest BCUT2D eigenvalue weighted by atomic mass is 19.3. The fourth-order valence-corrected chi connectivity index (χ4v) is 2.59. The molecule has 0 aliphatic carbocycles. The van der Waals surface area contributed by atoms with Crippen molar-refractivity contribution in [1.82, 2.24) is 10.1 Å². The van der Waals surface area contributed by atoms with Crippen molar-refractivity contribution in [3.63, 3.8) is 0 Å². The van der Waals surface area contributed by atoms with E-state index in [0.717, 1.165) is 5.56 Å². The second-order valence-corrected chi connectivity index (χ2v) is 6.17. The first kappa shape index (κ1) is 21.7. The first-order valence-corrected chi connectivity index (χ1v) is 9.13. The Kier molecular flexibility index (Phi) is 7.10. The Labute approximate surface area is 177 Å². The van der Waals surface area contributed by atoms with Crippen LogP contribution in [-0.4, -0.2) is 29.8 Å². The Bertz CT molecular complexity index is 1100. The van der Waals surface area contributed by atoms with Crippen LogP contribution in [0.1, 0.15) is 17.9 Å². The first-order chi connectivity index (χ1) is 15.0. The van der Waals surface area contributed by atoms with Crippen LogP contribution < -0.4 is 14.8 Å². The van der Waals surface area contributed by atoms with Gasteiger partial charge in [0.05, 0.1) is 7.11 Å². The third-order valence-corrected chi connectivity index (χ3v) is 3.99. The lowest BCUT2D eigenvalue weighted by Gasteiger charge is -2.09. The van der Waals surface area contributed by atoms with Crippen LogP contribution in [-0.2, 0) is 4.79 Å². The van der Waals surface area contributed by atoms with Gasteiger partial charge in [-0.15, -0.1) is 0 Å². The molecule has 9 heteroatoms. The fourth-order valence-electron chi connectivity index (χ4n) is 2.59. The van der Waals surface area contributed by atoms with E-state index in [1.807, 2.05) is 0 Å². The molecule has 160 valence electrons. The van der Waals surface area contributed by atoms with Gasteiger partial charge in [-0.25, -0.2) is 0 Å². The molecule has 1 N–H and O–H groups in total. The van der Waals surface area contributed by atoms with Gasteiger partial charge in [0.15, 0.2) is 11.5 Å². The second kappa shape index (κ2) is 10.1. The van der Waals surface area contributed by atoms with Crippen LogP contribution in [0, 0.1) is 0 Å². The van der Waals surface area contributed by atoms with Crippen molar-refractivity contribution in [1.29, 1.82) is 0 Å². The highest BCUT2D eigenvalue weighted by molar-refractivity contribution is 6.02. The van der Waals surface area contributed by atoms with Crippen molar-refractivity contribution in [2.45, 2.75) is 6.43 Å². The minimum Gasteiger partial charge on any atom is -0.493 e. The minimum absolute atomic E-state index is 0.00722. The molecule has 7 nitrogen and oxygen atoms in total. The number of methoxy groups -OCH3 is 1. The van der Waals surface area contributed by atoms with Crippen molar-refractivity contribution in [2.24, 2.45) is 0 Å². The predicted octanol–water partition coefficient (Wildman–Crippen LogP) is 4.90. The minimum atomic E-state index is -2.85. The summed E-state index contributed by atoms with van der Waals surface area (Å²) < 4.78 is 40.5. The SMILES string of the molecule is C=CCOc1ccc(C=CC(=O)Nc2cccc(-c3noc(C(F)F)n3)c2)cc1OC. The van der Waals surface area contributed by atoms with Gasteiger partial charge >= 0.3 is 6.43 Å². The van der Waals surface area contributed by atoms with Crippen molar-refractivity contribution in [2.75, 3.05) is 19.0 Å². The van der Waals surface area contributed by atoms with E-state index in [0.29, 0.717) is 29.4 Å². The second-order valence-electron chi connectivity index (χ2n) is 6.17. The average molecular weight is 427 g/mol. The lowest BCUT2D eigenvalue weighted by Crippen LogP contribution is -2.07.